The highest BCUT2D eigenvalue weighted by Crippen LogP contribution is 2.31. The van der Waals surface area contributed by atoms with Crippen molar-refractivity contribution in [3.8, 4) is 5.75 Å². The van der Waals surface area contributed by atoms with Crippen LogP contribution in [0, 0.1) is 0 Å². The number of nitrogens with one attached hydrogen (secondary N) is 2. The summed E-state index contributed by atoms with van der Waals surface area (Å²) in [6, 6.07) is 13.5. The van der Waals surface area contributed by atoms with Crippen molar-refractivity contribution in [2.75, 3.05) is 6.61 Å². The molecule has 2 N–H and O–H groups in total. The summed E-state index contributed by atoms with van der Waals surface area (Å²) in [7, 11) is 0. The number of nitrogens with zero attached hydrogens (tertiary/aromatic N) is 1. The van der Waals surface area contributed by atoms with Crippen LogP contribution in [0.5, 0.6) is 5.75 Å². The number of para-hydroxylation sites is 1. The predicted octanol–water partition coefficient (Wildman–Crippen LogP) is 3.09. The summed E-state index contributed by atoms with van der Waals surface area (Å²) < 4.78 is 5.62. The molecule has 0 fully saturated rings. The maximum absolute atomic E-state index is 12.4. The molecule has 1 atom stereocenters. The third-order valence-corrected chi connectivity index (χ3v) is 4.05. The summed E-state index contributed by atoms with van der Waals surface area (Å²) in [6.45, 7) is 2.41. The average molecular weight is 372 g/mol. The van der Waals surface area contributed by atoms with Crippen molar-refractivity contribution in [3.05, 3.63) is 64.7 Å². The molecule has 134 valence electrons. The molecule has 0 unspecified atom stereocenters. The van der Waals surface area contributed by atoms with Crippen LogP contribution in [0.25, 0.3) is 0 Å². The van der Waals surface area contributed by atoms with Gasteiger partial charge >= 0.3 is 0 Å². The van der Waals surface area contributed by atoms with Crippen LogP contribution in [-0.2, 0) is 4.79 Å². The molecule has 6 nitrogen and oxygen atoms in total. The predicted molar refractivity (Wildman–Crippen MR) is 99.5 cm³/mol. The number of hydrogen-bond acceptors (Lipinski definition) is 4. The van der Waals surface area contributed by atoms with Crippen molar-refractivity contribution >= 4 is 29.4 Å². The lowest BCUT2D eigenvalue weighted by Gasteiger charge is -2.23. The number of carbonyl (C=O) groups excluding carboxylic acids is 2. The van der Waals surface area contributed by atoms with E-state index in [4.69, 9.17) is 16.3 Å². The summed E-state index contributed by atoms with van der Waals surface area (Å²) in [5.74, 6) is 0.171. The van der Waals surface area contributed by atoms with Gasteiger partial charge in [-0.05, 0) is 31.2 Å². The molecule has 2 aromatic rings. The molecule has 7 heteroatoms. The lowest BCUT2D eigenvalue weighted by molar-refractivity contribution is -0.120. The molecule has 0 aliphatic carbocycles. The molecular weight excluding hydrogens is 354 g/mol. The third kappa shape index (κ3) is 4.21. The van der Waals surface area contributed by atoms with Crippen molar-refractivity contribution < 1.29 is 14.3 Å². The third-order valence-electron chi connectivity index (χ3n) is 3.82. The fraction of sp³-hybridized carbons (Fsp3) is 0.211. The minimum Gasteiger partial charge on any atom is -0.494 e. The van der Waals surface area contributed by atoms with Crippen LogP contribution in [0.2, 0.25) is 5.02 Å². The fourth-order valence-electron chi connectivity index (χ4n) is 2.69. The Labute approximate surface area is 156 Å². The number of benzene rings is 2. The van der Waals surface area contributed by atoms with E-state index >= 15 is 0 Å². The molecule has 26 heavy (non-hydrogen) atoms. The van der Waals surface area contributed by atoms with Crippen molar-refractivity contribution in [1.29, 1.82) is 0 Å². The Balaban J connectivity index is 1.84. The minimum absolute atomic E-state index is 0.113. The lowest BCUT2D eigenvalue weighted by Crippen LogP contribution is -2.47. The number of carbonyl (C=O) groups is 2. The van der Waals surface area contributed by atoms with Gasteiger partial charge in [-0.2, -0.15) is 0 Å². The molecule has 0 saturated carbocycles. The first-order chi connectivity index (χ1) is 12.6. The van der Waals surface area contributed by atoms with E-state index in [2.05, 4.69) is 15.6 Å². The van der Waals surface area contributed by atoms with Crippen LogP contribution in [0.15, 0.2) is 53.5 Å². The molecule has 2 aromatic carbocycles. The van der Waals surface area contributed by atoms with E-state index in [0.29, 0.717) is 22.9 Å². The van der Waals surface area contributed by atoms with Gasteiger partial charge in [-0.3, -0.25) is 20.2 Å². The Kier molecular flexibility index (Phi) is 5.53. The van der Waals surface area contributed by atoms with E-state index < -0.39 is 11.9 Å². The Morgan fingerprint density at radius 3 is 2.88 bits per heavy atom. The number of ether oxygens (including phenoxy) is 1. The SMILES string of the molecule is CCOc1ccccc1[C@H]1CC(=O)NC(NC(=O)c2cccc(Cl)c2)=N1. The maximum Gasteiger partial charge on any atom is 0.258 e. The van der Waals surface area contributed by atoms with E-state index in [1.54, 1.807) is 24.3 Å². The smallest absolute Gasteiger partial charge is 0.258 e. The van der Waals surface area contributed by atoms with Crippen molar-refractivity contribution in [2.45, 2.75) is 19.4 Å². The summed E-state index contributed by atoms with van der Waals surface area (Å²) >= 11 is 5.91. The minimum atomic E-state index is -0.429. The summed E-state index contributed by atoms with van der Waals surface area (Å²) in [5.41, 5.74) is 1.19. The molecule has 1 heterocycles. The quantitative estimate of drug-likeness (QED) is 0.866. The van der Waals surface area contributed by atoms with Gasteiger partial charge in [-0.1, -0.05) is 35.9 Å². The molecular formula is C19H18ClN3O3. The summed E-state index contributed by atoms with van der Waals surface area (Å²) in [5, 5.41) is 5.67. The highest BCUT2D eigenvalue weighted by molar-refractivity contribution is 6.31. The molecule has 2 amide bonds. The van der Waals surface area contributed by atoms with Gasteiger partial charge in [0.05, 0.1) is 19.1 Å². The van der Waals surface area contributed by atoms with E-state index in [0.717, 1.165) is 5.56 Å². The van der Waals surface area contributed by atoms with Gasteiger partial charge in [0, 0.05) is 16.1 Å². The Morgan fingerprint density at radius 1 is 1.31 bits per heavy atom. The Hall–Kier alpha value is -2.86. The normalized spacial score (nSPS) is 16.5. The van der Waals surface area contributed by atoms with E-state index in [1.807, 2.05) is 31.2 Å². The zero-order valence-electron chi connectivity index (χ0n) is 14.2. The standard InChI is InChI=1S/C19H18ClN3O3/c1-2-26-16-9-4-3-8-14(16)15-11-17(24)22-19(21-15)23-18(25)12-6-5-7-13(20)10-12/h3-10,15H,2,11H2,1H3,(H2,21,22,23,24,25)/t15-/m1/s1. The highest BCUT2D eigenvalue weighted by Gasteiger charge is 2.25. The second-order valence-corrected chi connectivity index (χ2v) is 6.12. The van der Waals surface area contributed by atoms with Crippen LogP contribution in [0.3, 0.4) is 0 Å². The van der Waals surface area contributed by atoms with E-state index in [-0.39, 0.29) is 18.3 Å². The van der Waals surface area contributed by atoms with Gasteiger partial charge < -0.3 is 4.74 Å². The first-order valence-electron chi connectivity index (χ1n) is 8.23. The number of hydrogen-bond donors (Lipinski definition) is 2. The largest absolute Gasteiger partial charge is 0.494 e. The van der Waals surface area contributed by atoms with Gasteiger partial charge in [-0.15, -0.1) is 0 Å². The summed E-state index contributed by atoms with van der Waals surface area (Å²) in [4.78, 5) is 28.9. The molecule has 3 rings (SSSR count). The Morgan fingerprint density at radius 2 is 2.12 bits per heavy atom. The second-order valence-electron chi connectivity index (χ2n) is 5.68. The van der Waals surface area contributed by atoms with Crippen LogP contribution < -0.4 is 15.4 Å². The molecule has 0 aromatic heterocycles. The average Bonchev–Trinajstić information content (AvgIpc) is 2.62. The lowest BCUT2D eigenvalue weighted by atomic mass is 10.0. The molecule has 0 bridgehead atoms. The second kappa shape index (κ2) is 8.01. The van der Waals surface area contributed by atoms with Crippen LogP contribution in [0.4, 0.5) is 0 Å². The first kappa shape index (κ1) is 17.9. The Bertz CT molecular complexity index is 867. The van der Waals surface area contributed by atoms with Crippen LogP contribution in [-0.4, -0.2) is 24.4 Å². The van der Waals surface area contributed by atoms with E-state index in [1.165, 1.54) is 0 Å². The molecule has 0 spiro atoms. The number of guanidine groups is 1. The van der Waals surface area contributed by atoms with Crippen molar-refractivity contribution in [3.63, 3.8) is 0 Å². The molecule has 1 aliphatic heterocycles. The zero-order chi connectivity index (χ0) is 18.5. The molecule has 0 saturated heterocycles. The monoisotopic (exact) mass is 371 g/mol. The van der Waals surface area contributed by atoms with E-state index in [9.17, 15) is 9.59 Å². The molecule has 0 radical (unpaired) electrons. The van der Waals surface area contributed by atoms with Gasteiger partial charge in [0.2, 0.25) is 11.9 Å². The zero-order valence-corrected chi connectivity index (χ0v) is 14.9. The molecule has 1 aliphatic rings. The van der Waals surface area contributed by atoms with Crippen molar-refractivity contribution in [1.82, 2.24) is 10.6 Å². The van der Waals surface area contributed by atoms with Crippen LogP contribution >= 0.6 is 11.6 Å². The van der Waals surface area contributed by atoms with Gasteiger partial charge in [0.15, 0.2) is 0 Å². The van der Waals surface area contributed by atoms with Crippen molar-refractivity contribution in [2.24, 2.45) is 4.99 Å². The topological polar surface area (TPSA) is 79.8 Å². The number of halogens is 1. The number of rotatable bonds is 4. The number of amides is 2. The fourth-order valence-corrected chi connectivity index (χ4v) is 2.88. The van der Waals surface area contributed by atoms with Crippen LogP contribution in [0.1, 0.15) is 35.3 Å². The van der Waals surface area contributed by atoms with Gasteiger partial charge in [0.25, 0.3) is 5.91 Å². The highest BCUT2D eigenvalue weighted by atomic mass is 35.5. The maximum atomic E-state index is 12.4. The van der Waals surface area contributed by atoms with Gasteiger partial charge in [0.1, 0.15) is 5.75 Å². The number of aliphatic imine (C=N–C) groups is 1. The first-order valence-corrected chi connectivity index (χ1v) is 8.61. The summed E-state index contributed by atoms with van der Waals surface area (Å²) in [6.07, 6.45) is 0.181. The van der Waals surface area contributed by atoms with Gasteiger partial charge in [-0.25, -0.2) is 4.99 Å².